The number of alkyl halides is 1. The Balaban J connectivity index is 2.21. The Morgan fingerprint density at radius 3 is 2.57 bits per heavy atom. The number of hydrogen-bond acceptors (Lipinski definition) is 3. The largest absolute Gasteiger partial charge is 0.497 e. The predicted octanol–water partition coefficient (Wildman–Crippen LogP) is 3.21. The third-order valence-corrected chi connectivity index (χ3v) is 4.26. The molecule has 0 atom stereocenters. The first-order valence-electron chi connectivity index (χ1n) is 7.26. The van der Waals surface area contributed by atoms with Gasteiger partial charge in [0.25, 0.3) is 0 Å². The van der Waals surface area contributed by atoms with E-state index in [0.717, 1.165) is 29.9 Å². The van der Waals surface area contributed by atoms with Gasteiger partial charge in [0, 0.05) is 24.2 Å². The molecule has 0 spiro atoms. The van der Waals surface area contributed by atoms with Gasteiger partial charge in [-0.25, -0.2) is 0 Å². The van der Waals surface area contributed by atoms with Crippen molar-refractivity contribution in [3.05, 3.63) is 23.8 Å². The fraction of sp³-hybridized carbons (Fsp3) is 0.562. The van der Waals surface area contributed by atoms with Crippen LogP contribution in [-0.4, -0.2) is 36.9 Å². The lowest BCUT2D eigenvalue weighted by Crippen LogP contribution is -2.39. The van der Waals surface area contributed by atoms with E-state index in [1.807, 2.05) is 23.1 Å². The van der Waals surface area contributed by atoms with Gasteiger partial charge in [0.05, 0.1) is 14.2 Å². The van der Waals surface area contributed by atoms with Crippen molar-refractivity contribution in [1.29, 1.82) is 0 Å². The summed E-state index contributed by atoms with van der Waals surface area (Å²) in [6.07, 6.45) is 4.47. The second kappa shape index (κ2) is 7.55. The van der Waals surface area contributed by atoms with Gasteiger partial charge in [-0.05, 0) is 25.0 Å². The van der Waals surface area contributed by atoms with Crippen LogP contribution < -0.4 is 9.47 Å². The van der Waals surface area contributed by atoms with Crippen LogP contribution in [0, 0.1) is 0 Å². The fourth-order valence-electron chi connectivity index (χ4n) is 2.88. The molecular weight excluding hydrogens is 290 g/mol. The van der Waals surface area contributed by atoms with Gasteiger partial charge in [-0.2, -0.15) is 0 Å². The van der Waals surface area contributed by atoms with E-state index in [9.17, 15) is 4.79 Å². The van der Waals surface area contributed by atoms with Crippen LogP contribution in [0.4, 0.5) is 0 Å². The Bertz CT molecular complexity index is 486. The predicted molar refractivity (Wildman–Crippen MR) is 83.1 cm³/mol. The van der Waals surface area contributed by atoms with E-state index in [1.54, 1.807) is 14.2 Å². The van der Waals surface area contributed by atoms with E-state index in [2.05, 4.69) is 0 Å². The summed E-state index contributed by atoms with van der Waals surface area (Å²) in [5.41, 5.74) is 0.976. The molecule has 0 heterocycles. The highest BCUT2D eigenvalue weighted by molar-refractivity contribution is 6.27. The summed E-state index contributed by atoms with van der Waals surface area (Å²) in [5, 5.41) is 0. The van der Waals surface area contributed by atoms with Gasteiger partial charge >= 0.3 is 0 Å². The minimum atomic E-state index is -0.0126. The van der Waals surface area contributed by atoms with Crippen LogP contribution in [0.25, 0.3) is 0 Å². The Morgan fingerprint density at radius 1 is 1.29 bits per heavy atom. The van der Waals surface area contributed by atoms with Crippen molar-refractivity contribution in [2.45, 2.75) is 38.3 Å². The van der Waals surface area contributed by atoms with Crippen molar-refractivity contribution in [3.8, 4) is 11.5 Å². The first-order chi connectivity index (χ1) is 10.2. The van der Waals surface area contributed by atoms with E-state index in [0.29, 0.717) is 12.6 Å². The van der Waals surface area contributed by atoms with Gasteiger partial charge in [-0.3, -0.25) is 4.79 Å². The number of carbonyl (C=O) groups is 1. The van der Waals surface area contributed by atoms with Crippen LogP contribution in [0.5, 0.6) is 11.5 Å². The van der Waals surface area contributed by atoms with Crippen LogP contribution in [-0.2, 0) is 11.3 Å². The summed E-state index contributed by atoms with van der Waals surface area (Å²) in [4.78, 5) is 14.0. The minimum absolute atomic E-state index is 0.0126. The summed E-state index contributed by atoms with van der Waals surface area (Å²) in [7, 11) is 3.25. The van der Waals surface area contributed by atoms with Crippen LogP contribution in [0.15, 0.2) is 18.2 Å². The molecule has 21 heavy (non-hydrogen) atoms. The summed E-state index contributed by atoms with van der Waals surface area (Å²) in [5.74, 6) is 1.49. The maximum Gasteiger partial charge on any atom is 0.238 e. The highest BCUT2D eigenvalue weighted by Gasteiger charge is 2.27. The molecule has 0 unspecified atom stereocenters. The van der Waals surface area contributed by atoms with Gasteiger partial charge in [0.1, 0.15) is 17.4 Å². The molecule has 1 aliphatic carbocycles. The minimum Gasteiger partial charge on any atom is -0.497 e. The lowest BCUT2D eigenvalue weighted by Gasteiger charge is -2.29. The number of methoxy groups -OCH3 is 2. The number of hydrogen-bond donors (Lipinski definition) is 0. The Labute approximate surface area is 131 Å². The summed E-state index contributed by atoms with van der Waals surface area (Å²) in [6.45, 7) is 0.531. The molecule has 4 nitrogen and oxygen atoms in total. The van der Waals surface area contributed by atoms with Crippen molar-refractivity contribution >= 4 is 17.5 Å². The Morgan fingerprint density at radius 2 is 2.00 bits per heavy atom. The van der Waals surface area contributed by atoms with Crippen molar-refractivity contribution in [1.82, 2.24) is 4.90 Å². The van der Waals surface area contributed by atoms with E-state index < -0.39 is 0 Å². The molecule has 1 saturated carbocycles. The average molecular weight is 312 g/mol. The van der Waals surface area contributed by atoms with E-state index in [4.69, 9.17) is 21.1 Å². The molecule has 1 aliphatic rings. The monoisotopic (exact) mass is 311 g/mol. The van der Waals surface area contributed by atoms with Gasteiger partial charge < -0.3 is 14.4 Å². The fourth-order valence-corrected chi connectivity index (χ4v) is 3.03. The Hall–Kier alpha value is -1.42. The maximum atomic E-state index is 12.2. The van der Waals surface area contributed by atoms with Gasteiger partial charge in [-0.1, -0.05) is 12.8 Å². The zero-order valence-corrected chi connectivity index (χ0v) is 13.4. The third kappa shape index (κ3) is 3.82. The summed E-state index contributed by atoms with van der Waals surface area (Å²) in [6, 6.07) is 5.97. The van der Waals surface area contributed by atoms with Crippen molar-refractivity contribution < 1.29 is 14.3 Å². The molecule has 1 aromatic carbocycles. The number of halogens is 1. The molecular formula is C16H22ClNO3. The van der Waals surface area contributed by atoms with Crippen LogP contribution >= 0.6 is 11.6 Å². The number of carbonyl (C=O) groups excluding carboxylic acids is 1. The smallest absolute Gasteiger partial charge is 0.238 e. The molecule has 1 aromatic rings. The molecule has 0 radical (unpaired) electrons. The van der Waals surface area contributed by atoms with Crippen molar-refractivity contribution in [2.24, 2.45) is 0 Å². The first kappa shape index (κ1) is 16.0. The van der Waals surface area contributed by atoms with E-state index in [1.165, 1.54) is 12.8 Å². The van der Waals surface area contributed by atoms with Gasteiger partial charge in [0.15, 0.2) is 0 Å². The van der Waals surface area contributed by atoms with Crippen molar-refractivity contribution in [2.75, 3.05) is 20.1 Å². The normalized spacial score (nSPS) is 15.0. The molecule has 1 amide bonds. The molecule has 5 heteroatoms. The molecule has 0 N–H and O–H groups in total. The van der Waals surface area contributed by atoms with E-state index in [-0.39, 0.29) is 11.8 Å². The quantitative estimate of drug-likeness (QED) is 0.757. The SMILES string of the molecule is COc1ccc(CN(C(=O)CCl)C2CCCC2)c(OC)c1. The van der Waals surface area contributed by atoms with Crippen LogP contribution in [0.1, 0.15) is 31.2 Å². The lowest BCUT2D eigenvalue weighted by molar-refractivity contribution is -0.131. The molecule has 0 aromatic heterocycles. The lowest BCUT2D eigenvalue weighted by atomic mass is 10.1. The molecule has 0 bridgehead atoms. The highest BCUT2D eigenvalue weighted by Crippen LogP contribution is 2.29. The zero-order valence-electron chi connectivity index (χ0n) is 12.6. The second-order valence-corrected chi connectivity index (χ2v) is 5.54. The van der Waals surface area contributed by atoms with Crippen LogP contribution in [0.3, 0.4) is 0 Å². The van der Waals surface area contributed by atoms with E-state index >= 15 is 0 Å². The number of rotatable bonds is 6. The molecule has 1 fully saturated rings. The maximum absolute atomic E-state index is 12.2. The number of benzene rings is 1. The highest BCUT2D eigenvalue weighted by atomic mass is 35.5. The topological polar surface area (TPSA) is 38.8 Å². The second-order valence-electron chi connectivity index (χ2n) is 5.27. The number of nitrogens with zero attached hydrogens (tertiary/aromatic N) is 1. The summed E-state index contributed by atoms with van der Waals surface area (Å²) >= 11 is 5.77. The van der Waals surface area contributed by atoms with Crippen LogP contribution in [0.2, 0.25) is 0 Å². The number of ether oxygens (including phenoxy) is 2. The van der Waals surface area contributed by atoms with Gasteiger partial charge in [-0.15, -0.1) is 11.6 Å². The first-order valence-corrected chi connectivity index (χ1v) is 7.79. The Kier molecular flexibility index (Phi) is 5.74. The van der Waals surface area contributed by atoms with Gasteiger partial charge in [0.2, 0.25) is 5.91 Å². The molecule has 0 saturated heterocycles. The standard InChI is InChI=1S/C16H22ClNO3/c1-20-14-8-7-12(15(9-14)21-2)11-18(16(19)10-17)13-5-3-4-6-13/h7-9,13H,3-6,10-11H2,1-2H3. The third-order valence-electron chi connectivity index (χ3n) is 4.04. The average Bonchev–Trinajstić information content (AvgIpc) is 3.05. The molecule has 116 valence electrons. The zero-order chi connectivity index (χ0) is 15.2. The molecule has 2 rings (SSSR count). The van der Waals surface area contributed by atoms with Crippen molar-refractivity contribution in [3.63, 3.8) is 0 Å². The summed E-state index contributed by atoms with van der Waals surface area (Å²) < 4.78 is 10.6. The molecule has 0 aliphatic heterocycles. The number of amides is 1.